The summed E-state index contributed by atoms with van der Waals surface area (Å²) in [6.45, 7) is 16.2. The lowest BCUT2D eigenvalue weighted by Gasteiger charge is -2.51. The molecule has 6 nitrogen and oxygen atoms in total. The first-order valence-electron chi connectivity index (χ1n) is 8.33. The smallest absolute Gasteiger partial charge is 0.334 e. The molecule has 6 heteroatoms. The molecule has 2 aliphatic rings. The standard InChI is InChI=1S/C20H24O6/c1-7-10(3)18(23)25-15-13-12(5)19(24)26-16(13)17(22)20(6,8-2)14(15)11(4)9-21/h7-9,13-17,22H,2,4-5H2,1,3,6H3/b10-7-/t13-,14-,15-,16-,17-,20+/m1/s1. The van der Waals surface area contributed by atoms with Crippen molar-refractivity contribution in [1.82, 2.24) is 0 Å². The summed E-state index contributed by atoms with van der Waals surface area (Å²) >= 11 is 0. The van der Waals surface area contributed by atoms with Crippen molar-refractivity contribution in [3.63, 3.8) is 0 Å². The van der Waals surface area contributed by atoms with E-state index in [9.17, 15) is 19.5 Å². The molecule has 140 valence electrons. The number of hydrogen-bond acceptors (Lipinski definition) is 6. The van der Waals surface area contributed by atoms with E-state index in [1.807, 2.05) is 0 Å². The van der Waals surface area contributed by atoms with Crippen LogP contribution in [-0.4, -0.2) is 41.6 Å². The summed E-state index contributed by atoms with van der Waals surface area (Å²) in [5, 5.41) is 10.9. The Morgan fingerprint density at radius 3 is 2.54 bits per heavy atom. The third kappa shape index (κ3) is 2.84. The van der Waals surface area contributed by atoms with E-state index in [4.69, 9.17) is 9.47 Å². The highest BCUT2D eigenvalue weighted by molar-refractivity contribution is 5.92. The number of hydrogen-bond donors (Lipinski definition) is 1. The van der Waals surface area contributed by atoms with Gasteiger partial charge in [-0.2, -0.15) is 0 Å². The fraction of sp³-hybridized carbons (Fsp3) is 0.450. The number of carbonyl (C=O) groups excluding carboxylic acids is 3. The van der Waals surface area contributed by atoms with Crippen molar-refractivity contribution in [3.05, 3.63) is 48.6 Å². The number of rotatable bonds is 5. The van der Waals surface area contributed by atoms with E-state index >= 15 is 0 Å². The summed E-state index contributed by atoms with van der Waals surface area (Å²) in [5.41, 5.74) is -0.495. The maximum Gasteiger partial charge on any atom is 0.334 e. The average Bonchev–Trinajstić information content (AvgIpc) is 2.93. The minimum absolute atomic E-state index is 0.0970. The van der Waals surface area contributed by atoms with Crippen molar-refractivity contribution in [2.45, 2.75) is 39.1 Å². The fourth-order valence-electron chi connectivity index (χ4n) is 3.76. The highest BCUT2D eigenvalue weighted by Gasteiger charge is 2.63. The van der Waals surface area contributed by atoms with E-state index in [1.165, 1.54) is 6.08 Å². The van der Waals surface area contributed by atoms with Crippen LogP contribution >= 0.6 is 0 Å². The van der Waals surface area contributed by atoms with Gasteiger partial charge in [0.25, 0.3) is 0 Å². The Kier molecular flexibility index (Phi) is 5.37. The van der Waals surface area contributed by atoms with Crippen LogP contribution in [0.3, 0.4) is 0 Å². The molecule has 0 aromatic heterocycles. The molecular weight excluding hydrogens is 336 g/mol. The van der Waals surface area contributed by atoms with Crippen molar-refractivity contribution in [2.24, 2.45) is 17.3 Å². The highest BCUT2D eigenvalue weighted by Crippen LogP contribution is 2.53. The van der Waals surface area contributed by atoms with E-state index in [0.29, 0.717) is 11.9 Å². The SMILES string of the molecule is C=C[C@]1(C)[C@H](O)[C@@H]2OC(=O)C(=C)[C@@H]2[C@@H](OC(=O)/C(C)=C\C)[C@H]1C(=C)C=O. The number of aliphatic hydroxyl groups is 1. The van der Waals surface area contributed by atoms with Crippen LogP contribution in [0, 0.1) is 17.3 Å². The van der Waals surface area contributed by atoms with Gasteiger partial charge in [-0.15, -0.1) is 6.58 Å². The van der Waals surface area contributed by atoms with Crippen LogP contribution in [0.5, 0.6) is 0 Å². The monoisotopic (exact) mass is 360 g/mol. The Labute approximate surface area is 152 Å². The van der Waals surface area contributed by atoms with E-state index in [1.54, 1.807) is 26.8 Å². The minimum atomic E-state index is -1.16. The van der Waals surface area contributed by atoms with Gasteiger partial charge in [-0.05, 0) is 19.4 Å². The molecular formula is C20H24O6. The molecule has 1 aliphatic heterocycles. The van der Waals surface area contributed by atoms with Gasteiger partial charge in [0.2, 0.25) is 0 Å². The predicted molar refractivity (Wildman–Crippen MR) is 94.8 cm³/mol. The van der Waals surface area contributed by atoms with E-state index in [0.717, 1.165) is 0 Å². The van der Waals surface area contributed by atoms with Crippen molar-refractivity contribution in [1.29, 1.82) is 0 Å². The maximum absolute atomic E-state index is 12.4. The zero-order valence-corrected chi connectivity index (χ0v) is 15.2. The van der Waals surface area contributed by atoms with Gasteiger partial charge < -0.3 is 14.6 Å². The quantitative estimate of drug-likeness (QED) is 0.349. The average molecular weight is 360 g/mol. The summed E-state index contributed by atoms with van der Waals surface area (Å²) in [7, 11) is 0. The van der Waals surface area contributed by atoms with Crippen molar-refractivity contribution in [3.8, 4) is 0 Å². The summed E-state index contributed by atoms with van der Waals surface area (Å²) < 4.78 is 11.0. The number of carbonyl (C=O) groups is 3. The van der Waals surface area contributed by atoms with Gasteiger partial charge in [-0.3, -0.25) is 4.79 Å². The molecule has 6 atom stereocenters. The molecule has 1 saturated heterocycles. The van der Waals surface area contributed by atoms with Crippen LogP contribution in [0.2, 0.25) is 0 Å². The molecule has 0 amide bonds. The molecule has 1 heterocycles. The third-order valence-electron chi connectivity index (χ3n) is 5.55. The zero-order valence-electron chi connectivity index (χ0n) is 15.2. The Hall–Kier alpha value is -2.47. The first-order chi connectivity index (χ1) is 12.1. The minimum Gasteiger partial charge on any atom is -0.458 e. The van der Waals surface area contributed by atoms with Crippen LogP contribution in [0.4, 0.5) is 0 Å². The number of aliphatic hydroxyl groups excluding tert-OH is 1. The summed E-state index contributed by atoms with van der Waals surface area (Å²) in [4.78, 5) is 35.9. The largest absolute Gasteiger partial charge is 0.458 e. The van der Waals surface area contributed by atoms with Gasteiger partial charge in [0.05, 0.1) is 5.92 Å². The Morgan fingerprint density at radius 2 is 2.04 bits per heavy atom. The second-order valence-electron chi connectivity index (χ2n) is 6.95. The van der Waals surface area contributed by atoms with Gasteiger partial charge in [-0.1, -0.05) is 32.2 Å². The van der Waals surface area contributed by atoms with Crippen molar-refractivity contribution in [2.75, 3.05) is 0 Å². The van der Waals surface area contributed by atoms with Crippen molar-refractivity contribution < 1.29 is 29.0 Å². The van der Waals surface area contributed by atoms with Crippen LogP contribution < -0.4 is 0 Å². The molecule has 0 unspecified atom stereocenters. The first kappa shape index (κ1) is 19.8. The first-order valence-corrected chi connectivity index (χ1v) is 8.33. The van der Waals surface area contributed by atoms with Crippen LogP contribution in [-0.2, 0) is 23.9 Å². The molecule has 1 saturated carbocycles. The van der Waals surface area contributed by atoms with Crippen molar-refractivity contribution >= 4 is 18.2 Å². The second-order valence-corrected chi connectivity index (χ2v) is 6.95. The third-order valence-corrected chi connectivity index (χ3v) is 5.55. The summed E-state index contributed by atoms with van der Waals surface area (Å²) in [6, 6.07) is 0. The van der Waals surface area contributed by atoms with Gasteiger partial charge in [0, 0.05) is 22.5 Å². The molecule has 1 aliphatic carbocycles. The van der Waals surface area contributed by atoms with E-state index < -0.39 is 47.5 Å². The van der Waals surface area contributed by atoms with Gasteiger partial charge in [0.15, 0.2) is 0 Å². The fourth-order valence-corrected chi connectivity index (χ4v) is 3.76. The number of fused-ring (bicyclic) bond motifs is 1. The lowest BCUT2D eigenvalue weighted by Crippen LogP contribution is -2.60. The van der Waals surface area contributed by atoms with Gasteiger partial charge in [0.1, 0.15) is 24.6 Å². The Balaban J connectivity index is 2.61. The summed E-state index contributed by atoms with van der Waals surface area (Å²) in [5.74, 6) is -2.81. The number of aldehydes is 1. The van der Waals surface area contributed by atoms with Gasteiger partial charge >= 0.3 is 11.9 Å². The predicted octanol–water partition coefficient (Wildman–Crippen LogP) is 1.90. The molecule has 26 heavy (non-hydrogen) atoms. The van der Waals surface area contributed by atoms with Gasteiger partial charge in [-0.25, -0.2) is 9.59 Å². The summed E-state index contributed by atoms with van der Waals surface area (Å²) in [6.07, 6.45) is 0.573. The highest BCUT2D eigenvalue weighted by atomic mass is 16.6. The normalized spacial score (nSPS) is 36.8. The van der Waals surface area contributed by atoms with E-state index in [2.05, 4.69) is 19.7 Å². The lowest BCUT2D eigenvalue weighted by atomic mass is 9.57. The topological polar surface area (TPSA) is 89.9 Å². The molecule has 2 rings (SSSR count). The molecule has 0 radical (unpaired) electrons. The lowest BCUT2D eigenvalue weighted by molar-refractivity contribution is -0.182. The molecule has 0 aromatic rings. The molecule has 1 N–H and O–H groups in total. The zero-order chi connectivity index (χ0) is 19.8. The Bertz CT molecular complexity index is 718. The number of allylic oxidation sites excluding steroid dienone is 1. The molecule has 0 bridgehead atoms. The van der Waals surface area contributed by atoms with Crippen LogP contribution in [0.15, 0.2) is 48.6 Å². The van der Waals surface area contributed by atoms with Crippen LogP contribution in [0.25, 0.3) is 0 Å². The van der Waals surface area contributed by atoms with E-state index in [-0.39, 0.29) is 11.1 Å². The van der Waals surface area contributed by atoms with Crippen LogP contribution in [0.1, 0.15) is 20.8 Å². The number of ether oxygens (including phenoxy) is 2. The molecule has 0 spiro atoms. The molecule has 0 aromatic carbocycles. The second kappa shape index (κ2) is 7.03. The maximum atomic E-state index is 12.4. The Morgan fingerprint density at radius 1 is 1.42 bits per heavy atom. The molecule has 2 fully saturated rings. The number of esters is 2.